The summed E-state index contributed by atoms with van der Waals surface area (Å²) in [5.74, 6) is 0. The number of nitrogens with zero attached hydrogens (tertiary/aromatic N) is 1. The third-order valence-corrected chi connectivity index (χ3v) is 2.94. The van der Waals surface area contributed by atoms with Crippen LogP contribution in [0.1, 0.15) is 0 Å². The summed E-state index contributed by atoms with van der Waals surface area (Å²) in [6.45, 7) is 0. The Hall–Kier alpha value is -1.64. The molecule has 0 aliphatic rings. The lowest BCUT2D eigenvalue weighted by Crippen LogP contribution is -2.28. The number of alkyl halides is 3. The van der Waals surface area contributed by atoms with Crippen molar-refractivity contribution in [2.24, 2.45) is 0 Å². The molecule has 0 saturated heterocycles. The summed E-state index contributed by atoms with van der Waals surface area (Å²) in [5.41, 5.74) is -4.53. The molecule has 0 unspecified atom stereocenters. The first kappa shape index (κ1) is 17.4. The number of benzene rings is 1. The average Bonchev–Trinajstić information content (AvgIpc) is 2.39. The largest absolute Gasteiger partial charge is 0.741 e. The number of pyridine rings is 1. The molecule has 0 atom stereocenters. The van der Waals surface area contributed by atoms with Crippen LogP contribution in [0.15, 0.2) is 54.9 Å². The zero-order valence-electron chi connectivity index (χ0n) is 10.3. The average molecular weight is 340 g/mol. The molecule has 0 amide bonds. The highest BCUT2D eigenvalue weighted by atomic mass is 35.5. The van der Waals surface area contributed by atoms with Gasteiger partial charge in [-0.3, -0.25) is 0 Å². The maximum atomic E-state index is 10.7. The first-order valence-electron chi connectivity index (χ1n) is 5.35. The maximum absolute atomic E-state index is 10.7. The van der Waals surface area contributed by atoms with Crippen molar-refractivity contribution < 1.29 is 30.7 Å². The summed E-state index contributed by atoms with van der Waals surface area (Å²) in [6.07, 6.45) is 4.01. The summed E-state index contributed by atoms with van der Waals surface area (Å²) in [6, 6.07) is 13.7. The molecule has 0 radical (unpaired) electrons. The van der Waals surface area contributed by atoms with E-state index in [0.717, 1.165) is 10.7 Å². The Morgan fingerprint density at radius 2 is 1.43 bits per heavy atom. The van der Waals surface area contributed by atoms with Gasteiger partial charge in [0.25, 0.3) is 0 Å². The van der Waals surface area contributed by atoms with Crippen molar-refractivity contribution >= 4 is 21.7 Å². The lowest BCUT2D eigenvalue weighted by atomic mass is 10.3. The number of aromatic nitrogens is 1. The third-order valence-electron chi connectivity index (χ3n) is 2.12. The van der Waals surface area contributed by atoms with Crippen molar-refractivity contribution in [2.45, 2.75) is 5.51 Å². The van der Waals surface area contributed by atoms with Gasteiger partial charge < -0.3 is 4.55 Å². The van der Waals surface area contributed by atoms with E-state index in [1.54, 1.807) is 0 Å². The van der Waals surface area contributed by atoms with Crippen molar-refractivity contribution in [1.29, 1.82) is 0 Å². The lowest BCUT2D eigenvalue weighted by molar-refractivity contribution is -0.595. The second kappa shape index (κ2) is 6.88. The summed E-state index contributed by atoms with van der Waals surface area (Å²) in [7, 11) is -6.09. The first-order chi connectivity index (χ1) is 9.61. The molecule has 0 aliphatic heterocycles. The minimum Gasteiger partial charge on any atom is -0.741 e. The molecule has 0 bridgehead atoms. The van der Waals surface area contributed by atoms with E-state index in [0.29, 0.717) is 0 Å². The second-order valence-corrected chi connectivity index (χ2v) is 5.47. The maximum Gasteiger partial charge on any atom is 0.485 e. The highest BCUT2D eigenvalue weighted by Gasteiger charge is 2.36. The Morgan fingerprint density at radius 3 is 1.81 bits per heavy atom. The lowest BCUT2D eigenvalue weighted by Gasteiger charge is -2.08. The van der Waals surface area contributed by atoms with Gasteiger partial charge >= 0.3 is 5.51 Å². The van der Waals surface area contributed by atoms with Gasteiger partial charge in [0, 0.05) is 29.3 Å². The minimum atomic E-state index is -6.09. The molecule has 0 saturated carbocycles. The topological polar surface area (TPSA) is 61.1 Å². The molecule has 0 N–H and O–H groups in total. The fourth-order valence-corrected chi connectivity index (χ4v) is 1.31. The van der Waals surface area contributed by atoms with Gasteiger partial charge in [-0.1, -0.05) is 17.7 Å². The fourth-order valence-electron chi connectivity index (χ4n) is 1.18. The molecule has 114 valence electrons. The van der Waals surface area contributed by atoms with E-state index in [1.807, 2.05) is 59.4 Å². The quantitative estimate of drug-likeness (QED) is 0.456. The molecule has 2 rings (SSSR count). The first-order valence-corrected chi connectivity index (χ1v) is 7.14. The van der Waals surface area contributed by atoms with Gasteiger partial charge in [0.15, 0.2) is 22.5 Å². The predicted octanol–water partition coefficient (Wildman–Crippen LogP) is 2.67. The minimum absolute atomic E-state index is 0.764. The SMILES string of the molecule is Clc1ccc(-[n+]2ccccc2)cc1.O=S(=O)([O-])C(F)(F)F. The Balaban J connectivity index is 0.000000240. The van der Waals surface area contributed by atoms with E-state index in [9.17, 15) is 13.2 Å². The van der Waals surface area contributed by atoms with Crippen LogP contribution in [0, 0.1) is 0 Å². The molecule has 2 aromatic rings. The van der Waals surface area contributed by atoms with E-state index < -0.39 is 15.6 Å². The molecule has 0 aliphatic carbocycles. The van der Waals surface area contributed by atoms with Gasteiger partial charge in [-0.05, 0) is 12.1 Å². The molecule has 0 spiro atoms. The highest BCUT2D eigenvalue weighted by molar-refractivity contribution is 7.86. The number of hydrogen-bond acceptors (Lipinski definition) is 3. The van der Waals surface area contributed by atoms with Crippen molar-refractivity contribution in [3.8, 4) is 5.69 Å². The van der Waals surface area contributed by atoms with Crippen LogP contribution in [-0.4, -0.2) is 18.5 Å². The van der Waals surface area contributed by atoms with Crippen molar-refractivity contribution in [2.75, 3.05) is 0 Å². The predicted molar refractivity (Wildman–Crippen MR) is 68.7 cm³/mol. The van der Waals surface area contributed by atoms with E-state index in [-0.39, 0.29) is 0 Å². The summed E-state index contributed by atoms with van der Waals surface area (Å²) < 4.78 is 60.9. The molecular formula is C12H9ClF3NO3S. The Bertz CT molecular complexity index is 673. The van der Waals surface area contributed by atoms with E-state index in [2.05, 4.69) is 0 Å². The molecule has 4 nitrogen and oxygen atoms in total. The molecule has 1 aromatic carbocycles. The van der Waals surface area contributed by atoms with Crippen molar-refractivity contribution in [1.82, 2.24) is 0 Å². The molecule has 21 heavy (non-hydrogen) atoms. The molecular weight excluding hydrogens is 331 g/mol. The fraction of sp³-hybridized carbons (Fsp3) is 0.0833. The zero-order chi connectivity index (χ0) is 16.1. The highest BCUT2D eigenvalue weighted by Crippen LogP contribution is 2.20. The second-order valence-electron chi connectivity index (χ2n) is 3.66. The van der Waals surface area contributed by atoms with Crippen molar-refractivity contribution in [3.05, 3.63) is 59.9 Å². The number of rotatable bonds is 1. The third kappa shape index (κ3) is 5.70. The van der Waals surface area contributed by atoms with Crippen LogP contribution in [-0.2, 0) is 10.1 Å². The van der Waals surface area contributed by atoms with Gasteiger partial charge in [-0.25, -0.2) is 8.42 Å². The Kier molecular flexibility index (Phi) is 5.70. The van der Waals surface area contributed by atoms with Crippen LogP contribution in [0.3, 0.4) is 0 Å². The van der Waals surface area contributed by atoms with E-state index >= 15 is 0 Å². The molecule has 0 fully saturated rings. The van der Waals surface area contributed by atoms with Gasteiger partial charge in [-0.2, -0.15) is 17.7 Å². The summed E-state index contributed by atoms with van der Waals surface area (Å²) in [5, 5.41) is 0.764. The van der Waals surface area contributed by atoms with E-state index in [1.165, 1.54) is 0 Å². The van der Waals surface area contributed by atoms with Crippen LogP contribution in [0.25, 0.3) is 5.69 Å². The molecule has 1 aromatic heterocycles. The van der Waals surface area contributed by atoms with E-state index in [4.69, 9.17) is 24.6 Å². The van der Waals surface area contributed by atoms with Gasteiger partial charge in [-0.15, -0.1) is 0 Å². The van der Waals surface area contributed by atoms with Crippen LogP contribution in [0.2, 0.25) is 5.02 Å². The normalized spacial score (nSPS) is 11.5. The number of halogens is 4. The van der Waals surface area contributed by atoms with Crippen molar-refractivity contribution in [3.63, 3.8) is 0 Å². The van der Waals surface area contributed by atoms with Crippen LogP contribution < -0.4 is 4.57 Å². The standard InChI is InChI=1S/C11H9ClN.CHF3O3S/c12-10-4-6-11(7-5-10)13-8-2-1-3-9-13;2-1(3,4)8(5,6)7/h1-9H;(H,5,6,7)/q+1;/p-1. The molecule has 9 heteroatoms. The van der Waals surface area contributed by atoms with Crippen LogP contribution in [0.4, 0.5) is 13.2 Å². The van der Waals surface area contributed by atoms with Gasteiger partial charge in [0.1, 0.15) is 0 Å². The number of hydrogen-bond donors (Lipinski definition) is 0. The van der Waals surface area contributed by atoms with Gasteiger partial charge in [0.05, 0.1) is 0 Å². The Morgan fingerprint density at radius 1 is 1.00 bits per heavy atom. The monoisotopic (exact) mass is 339 g/mol. The molecule has 1 heterocycles. The Labute approximate surface area is 124 Å². The smallest absolute Gasteiger partial charge is 0.485 e. The van der Waals surface area contributed by atoms with Crippen LogP contribution in [0.5, 0.6) is 0 Å². The zero-order valence-corrected chi connectivity index (χ0v) is 11.9. The summed E-state index contributed by atoms with van der Waals surface area (Å²) in [4.78, 5) is 0. The summed E-state index contributed by atoms with van der Waals surface area (Å²) >= 11 is 5.79. The van der Waals surface area contributed by atoms with Crippen LogP contribution >= 0.6 is 11.6 Å². The van der Waals surface area contributed by atoms with Gasteiger partial charge in [0.2, 0.25) is 5.69 Å².